The SMILES string of the molecule is O=C(O)COc1ccc(C(=C(CCCl)c2ccccc2)c2ccc(Cl)cc2)cc1. The lowest BCUT2D eigenvalue weighted by molar-refractivity contribution is -0.139. The lowest BCUT2D eigenvalue weighted by Crippen LogP contribution is -2.09. The number of benzene rings is 3. The van der Waals surface area contributed by atoms with Crippen molar-refractivity contribution in [2.75, 3.05) is 12.5 Å². The molecule has 29 heavy (non-hydrogen) atoms. The summed E-state index contributed by atoms with van der Waals surface area (Å²) in [6.45, 7) is -0.374. The standard InChI is InChI=1S/C24H20Cl2O3/c25-15-14-22(17-4-2-1-3-5-17)24(18-6-10-20(26)11-7-18)19-8-12-21(13-9-19)29-16-23(27)28/h1-13H,14-16H2,(H,27,28). The molecule has 0 spiro atoms. The number of ether oxygens (including phenoxy) is 1. The number of allylic oxidation sites excluding steroid dienone is 1. The van der Waals surface area contributed by atoms with Gasteiger partial charge in [0, 0.05) is 10.9 Å². The van der Waals surface area contributed by atoms with E-state index in [4.69, 9.17) is 33.0 Å². The van der Waals surface area contributed by atoms with Gasteiger partial charge in [0.05, 0.1) is 0 Å². The minimum absolute atomic E-state index is 0.374. The predicted molar refractivity (Wildman–Crippen MR) is 119 cm³/mol. The Morgan fingerprint density at radius 2 is 1.41 bits per heavy atom. The van der Waals surface area contributed by atoms with Crippen LogP contribution in [0.5, 0.6) is 5.75 Å². The van der Waals surface area contributed by atoms with Crippen molar-refractivity contribution in [1.82, 2.24) is 0 Å². The zero-order chi connectivity index (χ0) is 20.6. The first-order chi connectivity index (χ1) is 14.1. The van der Waals surface area contributed by atoms with Crippen molar-refractivity contribution < 1.29 is 14.6 Å². The predicted octanol–water partition coefficient (Wildman–Crippen LogP) is 6.39. The largest absolute Gasteiger partial charge is 0.482 e. The summed E-state index contributed by atoms with van der Waals surface area (Å²) in [7, 11) is 0. The van der Waals surface area contributed by atoms with Crippen molar-refractivity contribution in [1.29, 1.82) is 0 Å². The van der Waals surface area contributed by atoms with E-state index in [1.165, 1.54) is 0 Å². The van der Waals surface area contributed by atoms with E-state index in [0.717, 1.165) is 27.8 Å². The third kappa shape index (κ3) is 5.63. The summed E-state index contributed by atoms with van der Waals surface area (Å²) in [6, 6.07) is 25.3. The van der Waals surface area contributed by atoms with Crippen molar-refractivity contribution in [2.24, 2.45) is 0 Å². The van der Waals surface area contributed by atoms with Gasteiger partial charge in [-0.05, 0) is 58.5 Å². The Hall–Kier alpha value is -2.75. The monoisotopic (exact) mass is 426 g/mol. The van der Waals surface area contributed by atoms with Gasteiger partial charge in [0.2, 0.25) is 0 Å². The van der Waals surface area contributed by atoms with Crippen molar-refractivity contribution >= 4 is 40.3 Å². The molecule has 0 aliphatic heterocycles. The summed E-state index contributed by atoms with van der Waals surface area (Å²) in [4.78, 5) is 10.7. The van der Waals surface area contributed by atoms with Crippen LogP contribution in [0.3, 0.4) is 0 Å². The zero-order valence-electron chi connectivity index (χ0n) is 15.6. The van der Waals surface area contributed by atoms with Crippen molar-refractivity contribution in [3.63, 3.8) is 0 Å². The maximum atomic E-state index is 10.7. The van der Waals surface area contributed by atoms with Crippen LogP contribution in [0.1, 0.15) is 23.1 Å². The molecule has 0 saturated carbocycles. The molecule has 0 unspecified atom stereocenters. The highest BCUT2D eigenvalue weighted by atomic mass is 35.5. The number of carbonyl (C=O) groups is 1. The average Bonchev–Trinajstić information content (AvgIpc) is 2.74. The Labute approximate surface area is 180 Å². The number of rotatable bonds is 8. The van der Waals surface area contributed by atoms with Crippen molar-refractivity contribution in [3.05, 3.63) is 101 Å². The lowest BCUT2D eigenvalue weighted by atomic mass is 9.88. The van der Waals surface area contributed by atoms with Crippen LogP contribution < -0.4 is 4.74 Å². The summed E-state index contributed by atoms with van der Waals surface area (Å²) in [5.74, 6) is -0.0179. The number of aliphatic carboxylic acids is 1. The molecule has 3 rings (SSSR count). The number of alkyl halides is 1. The van der Waals surface area contributed by atoms with E-state index in [9.17, 15) is 4.79 Å². The first kappa shape index (κ1) is 21.0. The highest BCUT2D eigenvalue weighted by Gasteiger charge is 2.14. The van der Waals surface area contributed by atoms with E-state index in [0.29, 0.717) is 23.1 Å². The van der Waals surface area contributed by atoms with E-state index < -0.39 is 5.97 Å². The Bertz CT molecular complexity index is 979. The molecule has 0 aliphatic carbocycles. The number of hydrogen-bond donors (Lipinski definition) is 1. The summed E-state index contributed by atoms with van der Waals surface area (Å²) in [5, 5.41) is 9.46. The minimum atomic E-state index is -1.01. The molecule has 0 atom stereocenters. The maximum absolute atomic E-state index is 10.7. The number of carboxylic acid groups (broad SMARTS) is 1. The molecule has 0 heterocycles. The summed E-state index contributed by atoms with van der Waals surface area (Å²) < 4.78 is 5.26. The van der Waals surface area contributed by atoms with Gasteiger partial charge in [-0.15, -0.1) is 11.6 Å². The molecule has 3 aromatic rings. The van der Waals surface area contributed by atoms with E-state index in [1.54, 1.807) is 12.1 Å². The second-order valence-electron chi connectivity index (χ2n) is 6.37. The zero-order valence-corrected chi connectivity index (χ0v) is 17.2. The van der Waals surface area contributed by atoms with Crippen LogP contribution in [0.2, 0.25) is 5.02 Å². The normalized spacial score (nSPS) is 11.7. The molecule has 0 radical (unpaired) electrons. The summed E-state index contributed by atoms with van der Waals surface area (Å²) in [5.41, 5.74) is 5.29. The second-order valence-corrected chi connectivity index (χ2v) is 7.19. The Morgan fingerprint density at radius 3 is 1.97 bits per heavy atom. The molecule has 1 N–H and O–H groups in total. The van der Waals surface area contributed by atoms with Crippen molar-refractivity contribution in [3.8, 4) is 5.75 Å². The first-order valence-corrected chi connectivity index (χ1v) is 10.0. The number of halogens is 2. The molecule has 0 saturated heterocycles. The van der Waals surface area contributed by atoms with Gasteiger partial charge in [-0.1, -0.05) is 66.2 Å². The van der Waals surface area contributed by atoms with Gasteiger partial charge in [0.1, 0.15) is 5.75 Å². The third-order valence-electron chi connectivity index (χ3n) is 4.41. The van der Waals surface area contributed by atoms with Gasteiger partial charge in [0.25, 0.3) is 0 Å². The fourth-order valence-corrected chi connectivity index (χ4v) is 3.46. The van der Waals surface area contributed by atoms with Crippen LogP contribution in [0.4, 0.5) is 0 Å². The Kier molecular flexibility index (Phi) is 7.34. The second kappa shape index (κ2) is 10.1. The van der Waals surface area contributed by atoms with Crippen LogP contribution in [0, 0.1) is 0 Å². The minimum Gasteiger partial charge on any atom is -0.482 e. The van der Waals surface area contributed by atoms with Gasteiger partial charge in [0.15, 0.2) is 6.61 Å². The molecule has 0 aromatic heterocycles. The Balaban J connectivity index is 2.12. The maximum Gasteiger partial charge on any atom is 0.341 e. The summed E-state index contributed by atoms with van der Waals surface area (Å²) in [6.07, 6.45) is 0.695. The molecule has 5 heteroatoms. The van der Waals surface area contributed by atoms with Gasteiger partial charge in [-0.2, -0.15) is 0 Å². The molecular formula is C24H20Cl2O3. The topological polar surface area (TPSA) is 46.5 Å². The van der Waals surface area contributed by atoms with Gasteiger partial charge >= 0.3 is 5.97 Å². The van der Waals surface area contributed by atoms with Crippen molar-refractivity contribution in [2.45, 2.75) is 6.42 Å². The molecular weight excluding hydrogens is 407 g/mol. The molecule has 0 aliphatic rings. The fourth-order valence-electron chi connectivity index (χ4n) is 3.14. The lowest BCUT2D eigenvalue weighted by Gasteiger charge is -2.17. The smallest absolute Gasteiger partial charge is 0.341 e. The van der Waals surface area contributed by atoms with Gasteiger partial charge in [-0.25, -0.2) is 4.79 Å². The highest BCUT2D eigenvalue weighted by Crippen LogP contribution is 2.35. The molecule has 148 valence electrons. The van der Waals surface area contributed by atoms with E-state index in [2.05, 4.69) is 12.1 Å². The quantitative estimate of drug-likeness (QED) is 0.335. The molecule has 0 fully saturated rings. The number of hydrogen-bond acceptors (Lipinski definition) is 2. The van der Waals surface area contributed by atoms with Gasteiger partial charge in [-0.3, -0.25) is 0 Å². The molecule has 3 aromatic carbocycles. The van der Waals surface area contributed by atoms with Crippen LogP contribution in [0.25, 0.3) is 11.1 Å². The first-order valence-electron chi connectivity index (χ1n) is 9.14. The molecule has 3 nitrogen and oxygen atoms in total. The van der Waals surface area contributed by atoms with Gasteiger partial charge < -0.3 is 9.84 Å². The molecule has 0 bridgehead atoms. The fraction of sp³-hybridized carbons (Fsp3) is 0.125. The Morgan fingerprint density at radius 1 is 0.828 bits per heavy atom. The van der Waals surface area contributed by atoms with E-state index >= 15 is 0 Å². The average molecular weight is 427 g/mol. The highest BCUT2D eigenvalue weighted by molar-refractivity contribution is 6.30. The van der Waals surface area contributed by atoms with E-state index in [-0.39, 0.29) is 6.61 Å². The van der Waals surface area contributed by atoms with Crippen LogP contribution >= 0.6 is 23.2 Å². The molecule has 0 amide bonds. The van der Waals surface area contributed by atoms with Crippen LogP contribution in [-0.2, 0) is 4.79 Å². The van der Waals surface area contributed by atoms with E-state index in [1.807, 2.05) is 54.6 Å². The van der Waals surface area contributed by atoms with Crippen LogP contribution in [-0.4, -0.2) is 23.6 Å². The third-order valence-corrected chi connectivity index (χ3v) is 4.85. The van der Waals surface area contributed by atoms with Crippen LogP contribution in [0.15, 0.2) is 78.9 Å². The summed E-state index contributed by atoms with van der Waals surface area (Å²) >= 11 is 12.3. The number of carboxylic acids is 1.